The Kier molecular flexibility index (Phi) is 15.3. The number of nitrogen functional groups attached to an aromatic ring is 1. The number of hydrogen-bond acceptors (Lipinski definition) is 15. The molecule has 2 aliphatic heterocycles. The van der Waals surface area contributed by atoms with Crippen LogP contribution in [0.2, 0.25) is 0 Å². The molecule has 5 N–H and O–H groups in total. The monoisotopic (exact) mass is 886 g/mol. The lowest BCUT2D eigenvalue weighted by atomic mass is 10.1. The number of rotatable bonds is 10. The van der Waals surface area contributed by atoms with E-state index in [1.54, 1.807) is 24.5 Å². The predicted molar refractivity (Wildman–Crippen MR) is 244 cm³/mol. The van der Waals surface area contributed by atoms with Crippen molar-refractivity contribution in [3.05, 3.63) is 122 Å². The summed E-state index contributed by atoms with van der Waals surface area (Å²) < 4.78 is 54.7. The summed E-state index contributed by atoms with van der Waals surface area (Å²) in [7, 11) is -1.99. The van der Waals surface area contributed by atoms with Gasteiger partial charge in [0.25, 0.3) is 0 Å². The van der Waals surface area contributed by atoms with Gasteiger partial charge in [0.05, 0.1) is 50.3 Å². The van der Waals surface area contributed by atoms with E-state index in [1.807, 2.05) is 72.8 Å². The van der Waals surface area contributed by atoms with Crippen LogP contribution in [0, 0.1) is 0 Å². The summed E-state index contributed by atoms with van der Waals surface area (Å²) in [6, 6.07) is 34.9. The van der Waals surface area contributed by atoms with Crippen LogP contribution in [0.15, 0.2) is 122 Å². The van der Waals surface area contributed by atoms with Crippen molar-refractivity contribution in [1.82, 2.24) is 19.9 Å². The lowest BCUT2D eigenvalue weighted by Crippen LogP contribution is -2.36. The van der Waals surface area contributed by atoms with Crippen LogP contribution in [-0.2, 0) is 28.5 Å². The highest BCUT2D eigenvalue weighted by Crippen LogP contribution is 2.25. The Bertz CT molecular complexity index is 2530. The molecule has 0 saturated carbocycles. The van der Waals surface area contributed by atoms with Gasteiger partial charge in [-0.15, -0.1) is 0 Å². The molecule has 2 aromatic heterocycles. The molecule has 0 amide bonds. The average Bonchev–Trinajstić information content (AvgIpc) is 3.25. The van der Waals surface area contributed by atoms with Crippen LogP contribution in [0.1, 0.15) is 0 Å². The van der Waals surface area contributed by atoms with Gasteiger partial charge in [0, 0.05) is 94.5 Å². The number of nitrogens with zero attached hydrogens (tertiary/aromatic N) is 6. The molecule has 4 aromatic carbocycles. The molecule has 0 spiro atoms. The van der Waals surface area contributed by atoms with E-state index in [4.69, 9.17) is 15.2 Å². The Labute approximate surface area is 360 Å². The third-order valence-electron chi connectivity index (χ3n) is 9.00. The number of anilines is 8. The number of halogens is 1. The molecule has 320 valence electrons. The Morgan fingerprint density at radius 1 is 0.557 bits per heavy atom. The van der Waals surface area contributed by atoms with Crippen molar-refractivity contribution in [3.8, 4) is 22.5 Å². The largest absolute Gasteiger partial charge is 0.399 e. The van der Waals surface area contributed by atoms with Gasteiger partial charge in [-0.05, 0) is 84.9 Å². The molecule has 4 heterocycles. The SMILES string of the molecule is CS(=O)(=O)Cl.CS(=O)(=O)Nc1ccc(-c2ccnc(Nc3ccc(N4CCOCC4)cc3)n2)cc1.Nc1ccc(-c2ccnc(Nc3ccc(N4CCOCC4)cc3)n2)cc1. The molecule has 0 unspecified atom stereocenters. The summed E-state index contributed by atoms with van der Waals surface area (Å²) in [6.45, 7) is 6.74. The molecule has 8 rings (SSSR count). The molecular weight excluding hydrogens is 840 g/mol. The van der Waals surface area contributed by atoms with Gasteiger partial charge in [-0.2, -0.15) is 0 Å². The first-order chi connectivity index (χ1) is 29.2. The summed E-state index contributed by atoms with van der Waals surface area (Å²) in [6.07, 6.45) is 5.49. The second kappa shape index (κ2) is 21.0. The minimum absolute atomic E-state index is 0.491. The fourth-order valence-corrected chi connectivity index (χ4v) is 6.71. The smallest absolute Gasteiger partial charge is 0.229 e. The van der Waals surface area contributed by atoms with Gasteiger partial charge in [-0.25, -0.2) is 36.8 Å². The number of benzene rings is 4. The number of nitrogens with one attached hydrogen (secondary N) is 3. The first-order valence-corrected chi connectivity index (χ1v) is 23.7. The highest BCUT2D eigenvalue weighted by Gasteiger charge is 2.13. The van der Waals surface area contributed by atoms with Crippen LogP contribution in [0.5, 0.6) is 0 Å². The number of morpholine rings is 2. The van der Waals surface area contributed by atoms with Crippen molar-refractivity contribution in [2.45, 2.75) is 0 Å². The van der Waals surface area contributed by atoms with Crippen LogP contribution >= 0.6 is 10.7 Å². The van der Waals surface area contributed by atoms with E-state index in [9.17, 15) is 16.8 Å². The Morgan fingerprint density at radius 3 is 1.30 bits per heavy atom. The minimum Gasteiger partial charge on any atom is -0.399 e. The maximum Gasteiger partial charge on any atom is 0.229 e. The van der Waals surface area contributed by atoms with Crippen LogP contribution in [0.3, 0.4) is 0 Å². The van der Waals surface area contributed by atoms with Crippen LogP contribution in [-0.4, -0.2) is 102 Å². The van der Waals surface area contributed by atoms with Crippen LogP contribution in [0.4, 0.5) is 46.0 Å². The van der Waals surface area contributed by atoms with E-state index < -0.39 is 19.1 Å². The van der Waals surface area contributed by atoms with E-state index >= 15 is 0 Å². The zero-order valence-corrected chi connectivity index (χ0v) is 36.0. The van der Waals surface area contributed by atoms with E-state index in [1.165, 1.54) is 11.4 Å². The lowest BCUT2D eigenvalue weighted by Gasteiger charge is -2.28. The molecule has 2 saturated heterocycles. The summed E-state index contributed by atoms with van der Waals surface area (Å²) in [5.74, 6) is 1.06. The highest BCUT2D eigenvalue weighted by molar-refractivity contribution is 8.13. The standard InChI is InChI=1S/C21H23N5O3S.C20H21N5O.CH3ClO2S/c1-30(27,28)25-18-4-2-16(3-5-18)20-10-11-22-21(24-20)23-17-6-8-19(9-7-17)26-12-14-29-15-13-26;21-16-3-1-15(2-4-16)19-9-10-22-20(24-19)23-17-5-7-18(8-6-17)25-11-13-26-14-12-25;1-5(2,3)4/h2-11,25H,12-15H2,1H3,(H,22,23,24);1-10H,11-14,21H2,(H,22,23,24);1H3. The lowest BCUT2D eigenvalue weighted by molar-refractivity contribution is 0.122. The van der Waals surface area contributed by atoms with Crippen molar-refractivity contribution < 1.29 is 26.3 Å². The Morgan fingerprint density at radius 2 is 0.918 bits per heavy atom. The second-order valence-corrected chi connectivity index (χ2v) is 18.6. The first-order valence-electron chi connectivity index (χ1n) is 19.1. The summed E-state index contributed by atoms with van der Waals surface area (Å²) >= 11 is 0. The molecule has 0 atom stereocenters. The zero-order chi connectivity index (χ0) is 43.2. The van der Waals surface area contributed by atoms with Gasteiger partial charge < -0.3 is 35.6 Å². The zero-order valence-electron chi connectivity index (χ0n) is 33.6. The van der Waals surface area contributed by atoms with E-state index in [2.05, 4.69) is 80.0 Å². The van der Waals surface area contributed by atoms with Crippen molar-refractivity contribution >= 4 is 75.8 Å². The molecule has 0 radical (unpaired) electrons. The number of sulfonamides is 1. The molecule has 19 heteroatoms. The number of nitrogens with two attached hydrogens (primary N) is 1. The number of aromatic nitrogens is 4. The molecule has 0 aliphatic carbocycles. The molecular formula is C42H47ClN10O6S2. The molecule has 16 nitrogen and oxygen atoms in total. The fraction of sp³-hybridized carbons (Fsp3) is 0.238. The van der Waals surface area contributed by atoms with Crippen molar-refractivity contribution in [2.75, 3.05) is 96.0 Å². The Hall–Kier alpha value is -6.05. The van der Waals surface area contributed by atoms with E-state index in [0.717, 1.165) is 105 Å². The maximum atomic E-state index is 11.3. The van der Waals surface area contributed by atoms with Gasteiger partial charge in [0.15, 0.2) is 0 Å². The highest BCUT2D eigenvalue weighted by atomic mass is 35.7. The second-order valence-electron chi connectivity index (χ2n) is 13.8. The molecule has 0 bridgehead atoms. The van der Waals surface area contributed by atoms with Gasteiger partial charge >= 0.3 is 0 Å². The van der Waals surface area contributed by atoms with Crippen molar-refractivity contribution in [3.63, 3.8) is 0 Å². The molecule has 2 aliphatic rings. The predicted octanol–water partition coefficient (Wildman–Crippen LogP) is 6.59. The number of ether oxygens (including phenoxy) is 2. The van der Waals surface area contributed by atoms with Crippen LogP contribution in [0.25, 0.3) is 22.5 Å². The van der Waals surface area contributed by atoms with Crippen molar-refractivity contribution in [2.24, 2.45) is 0 Å². The van der Waals surface area contributed by atoms with Gasteiger partial charge in [0.2, 0.25) is 31.0 Å². The number of hydrogen-bond donors (Lipinski definition) is 4. The third-order valence-corrected chi connectivity index (χ3v) is 9.61. The molecule has 2 fully saturated rings. The van der Waals surface area contributed by atoms with Gasteiger partial charge in [-0.1, -0.05) is 24.3 Å². The van der Waals surface area contributed by atoms with Crippen molar-refractivity contribution in [1.29, 1.82) is 0 Å². The average molecular weight is 887 g/mol. The third kappa shape index (κ3) is 14.9. The Balaban J connectivity index is 0.000000185. The quantitative estimate of drug-likeness (QED) is 0.0846. The fourth-order valence-electron chi connectivity index (χ4n) is 6.15. The minimum atomic E-state index is -3.30. The summed E-state index contributed by atoms with van der Waals surface area (Å²) in [4.78, 5) is 22.4. The summed E-state index contributed by atoms with van der Waals surface area (Å²) in [5.41, 5.74) is 14.7. The summed E-state index contributed by atoms with van der Waals surface area (Å²) in [5, 5.41) is 6.50. The van der Waals surface area contributed by atoms with Gasteiger partial charge in [-0.3, -0.25) is 4.72 Å². The maximum absolute atomic E-state index is 11.3. The normalized spacial score (nSPS) is 14.1. The van der Waals surface area contributed by atoms with E-state index in [0.29, 0.717) is 17.6 Å². The van der Waals surface area contributed by atoms with E-state index in [-0.39, 0.29) is 0 Å². The van der Waals surface area contributed by atoms with Crippen LogP contribution < -0.4 is 30.9 Å². The molecule has 6 aromatic rings. The van der Waals surface area contributed by atoms with Gasteiger partial charge in [0.1, 0.15) is 0 Å². The molecule has 61 heavy (non-hydrogen) atoms. The first kappa shape index (κ1) is 44.5. The topological polar surface area (TPSA) is 207 Å².